The summed E-state index contributed by atoms with van der Waals surface area (Å²) < 4.78 is 0. The van der Waals surface area contributed by atoms with Crippen molar-refractivity contribution in [3.05, 3.63) is 0 Å². The number of aliphatic imine (C=N–C) groups is 2. The van der Waals surface area contributed by atoms with Gasteiger partial charge in [-0.05, 0) is 0 Å². The van der Waals surface area contributed by atoms with Crippen LogP contribution in [0.15, 0.2) is 9.98 Å². The lowest BCUT2D eigenvalue weighted by atomic mass is 9.76. The number of aliphatic hydroxyl groups excluding tert-OH is 1. The van der Waals surface area contributed by atoms with E-state index in [1.165, 1.54) is 0 Å². The van der Waals surface area contributed by atoms with Crippen LogP contribution in [0, 0.1) is 10.8 Å². The first-order valence-corrected chi connectivity index (χ1v) is 5.84. The van der Waals surface area contributed by atoms with Crippen LogP contribution in [-0.4, -0.2) is 54.2 Å². The number of likely N-dealkylation sites (tertiary alicyclic amines) is 1. The molecule has 0 aliphatic carbocycles. The van der Waals surface area contributed by atoms with Crippen LogP contribution < -0.4 is 0 Å². The van der Waals surface area contributed by atoms with Crippen molar-refractivity contribution in [1.82, 2.24) is 4.90 Å². The van der Waals surface area contributed by atoms with E-state index in [0.29, 0.717) is 13.1 Å². The molecule has 0 bridgehead atoms. The summed E-state index contributed by atoms with van der Waals surface area (Å²) in [6.45, 7) is 6.80. The number of hydrogen-bond donors (Lipinski definition) is 1. The van der Waals surface area contributed by atoms with Gasteiger partial charge in [-0.1, -0.05) is 20.8 Å². The molecule has 1 fully saturated rings. The first kappa shape index (κ1) is 12.2. The molecule has 0 aromatic rings. The summed E-state index contributed by atoms with van der Waals surface area (Å²) in [4.78, 5) is 22.2. The van der Waals surface area contributed by atoms with Crippen LogP contribution in [0.25, 0.3) is 0 Å². The predicted molar refractivity (Wildman–Crippen MR) is 66.3 cm³/mol. The van der Waals surface area contributed by atoms with E-state index in [1.807, 2.05) is 20.8 Å². The summed E-state index contributed by atoms with van der Waals surface area (Å²) in [5, 5.41) is 9.51. The molecular weight excluding hydrogens is 218 g/mol. The summed E-state index contributed by atoms with van der Waals surface area (Å²) >= 11 is 0. The Labute approximate surface area is 101 Å². The van der Waals surface area contributed by atoms with Gasteiger partial charge < -0.3 is 10.0 Å². The molecule has 2 heterocycles. The van der Waals surface area contributed by atoms with Crippen molar-refractivity contribution in [3.63, 3.8) is 0 Å². The number of aliphatic hydroxyl groups is 1. The third-order valence-corrected chi connectivity index (χ3v) is 3.32. The third kappa shape index (κ3) is 1.99. The molecule has 0 aromatic carbocycles. The maximum Gasteiger partial charge on any atom is 0.227 e. The monoisotopic (exact) mass is 237 g/mol. The summed E-state index contributed by atoms with van der Waals surface area (Å²) in [6.07, 6.45) is 3.07. The first-order chi connectivity index (χ1) is 7.89. The maximum atomic E-state index is 12.0. The summed E-state index contributed by atoms with van der Waals surface area (Å²) in [5.74, 6) is 0.118. The minimum Gasteiger partial charge on any atom is -0.395 e. The van der Waals surface area contributed by atoms with Gasteiger partial charge in [0.05, 0.1) is 12.0 Å². The van der Waals surface area contributed by atoms with E-state index in [9.17, 15) is 9.90 Å². The highest BCUT2D eigenvalue weighted by Gasteiger charge is 2.52. The molecule has 0 saturated carbocycles. The van der Waals surface area contributed by atoms with Crippen molar-refractivity contribution >= 4 is 18.3 Å². The van der Waals surface area contributed by atoms with E-state index in [-0.39, 0.29) is 29.5 Å². The summed E-state index contributed by atoms with van der Waals surface area (Å²) in [5.41, 5.74) is -0.742. The Morgan fingerprint density at radius 3 is 2.35 bits per heavy atom. The first-order valence-electron chi connectivity index (χ1n) is 5.84. The summed E-state index contributed by atoms with van der Waals surface area (Å²) in [7, 11) is 0. The van der Waals surface area contributed by atoms with Gasteiger partial charge >= 0.3 is 0 Å². The Kier molecular flexibility index (Phi) is 2.81. The van der Waals surface area contributed by atoms with Crippen molar-refractivity contribution in [1.29, 1.82) is 0 Å². The number of hydrogen-bond acceptors (Lipinski definition) is 4. The van der Waals surface area contributed by atoms with E-state index in [2.05, 4.69) is 9.98 Å². The van der Waals surface area contributed by atoms with E-state index >= 15 is 0 Å². The number of carbonyl (C=O) groups is 1. The Hall–Kier alpha value is -1.23. The van der Waals surface area contributed by atoms with E-state index in [4.69, 9.17) is 0 Å². The highest BCUT2D eigenvalue weighted by atomic mass is 16.3. The molecule has 0 aromatic heterocycles. The third-order valence-electron chi connectivity index (χ3n) is 3.32. The number of amides is 1. The minimum absolute atomic E-state index is 0.0142. The lowest BCUT2D eigenvalue weighted by molar-refractivity contribution is -0.156. The lowest BCUT2D eigenvalue weighted by Gasteiger charge is -2.51. The largest absolute Gasteiger partial charge is 0.395 e. The van der Waals surface area contributed by atoms with Crippen molar-refractivity contribution in [2.45, 2.75) is 26.9 Å². The van der Waals surface area contributed by atoms with Crippen molar-refractivity contribution in [3.8, 4) is 0 Å². The van der Waals surface area contributed by atoms with Gasteiger partial charge in [0, 0.05) is 30.9 Å². The smallest absolute Gasteiger partial charge is 0.227 e. The molecule has 2 aliphatic rings. The topological polar surface area (TPSA) is 65.3 Å². The molecule has 1 amide bonds. The van der Waals surface area contributed by atoms with Crippen LogP contribution in [0.1, 0.15) is 20.8 Å². The highest BCUT2D eigenvalue weighted by molar-refractivity contribution is 6.17. The number of rotatable bonds is 2. The average Bonchev–Trinajstić information content (AvgIpc) is 2.69. The lowest BCUT2D eigenvalue weighted by Crippen LogP contribution is -2.65. The second kappa shape index (κ2) is 3.91. The molecule has 2 rings (SSSR count). The SMILES string of the molecule is CC(C)(C)C(=O)N1CC(CO)(C2N=CC=N2)C1. The normalized spacial score (nSPS) is 22.9. The molecule has 17 heavy (non-hydrogen) atoms. The minimum atomic E-state index is -0.371. The second-order valence-electron chi connectivity index (χ2n) is 5.90. The van der Waals surface area contributed by atoms with Crippen molar-refractivity contribution < 1.29 is 9.90 Å². The van der Waals surface area contributed by atoms with Gasteiger partial charge in [0.1, 0.15) is 0 Å². The van der Waals surface area contributed by atoms with E-state index < -0.39 is 0 Å². The zero-order chi connectivity index (χ0) is 12.7. The van der Waals surface area contributed by atoms with Crippen LogP contribution in [0.2, 0.25) is 0 Å². The molecule has 0 unspecified atom stereocenters. The number of nitrogens with zero attached hydrogens (tertiary/aromatic N) is 3. The Balaban J connectivity index is 2.02. The Morgan fingerprint density at radius 2 is 1.94 bits per heavy atom. The fourth-order valence-corrected chi connectivity index (χ4v) is 2.27. The van der Waals surface area contributed by atoms with Crippen LogP contribution in [0.5, 0.6) is 0 Å². The molecule has 0 atom stereocenters. The Morgan fingerprint density at radius 1 is 1.41 bits per heavy atom. The zero-order valence-electron chi connectivity index (χ0n) is 10.6. The highest BCUT2D eigenvalue weighted by Crippen LogP contribution is 2.38. The molecule has 94 valence electrons. The summed E-state index contributed by atoms with van der Waals surface area (Å²) in [6, 6.07) is 0. The number of carbonyl (C=O) groups excluding carboxylic acids is 1. The van der Waals surface area contributed by atoms with Crippen LogP contribution >= 0.6 is 0 Å². The van der Waals surface area contributed by atoms with Crippen LogP contribution in [0.3, 0.4) is 0 Å². The molecule has 1 saturated heterocycles. The van der Waals surface area contributed by atoms with Gasteiger partial charge in [-0.3, -0.25) is 14.8 Å². The van der Waals surface area contributed by atoms with Gasteiger partial charge in [-0.15, -0.1) is 0 Å². The Bertz CT molecular complexity index is 364. The standard InChI is InChI=1S/C12H19N3O2/c1-11(2,3)10(17)15-6-12(7-15,8-16)9-13-4-5-14-9/h4-5,9,16H,6-8H2,1-3H3. The van der Waals surface area contributed by atoms with Gasteiger partial charge in [-0.25, -0.2) is 0 Å². The van der Waals surface area contributed by atoms with Crippen LogP contribution in [0.4, 0.5) is 0 Å². The van der Waals surface area contributed by atoms with Gasteiger partial charge in [0.2, 0.25) is 5.91 Å². The molecule has 5 heteroatoms. The quantitative estimate of drug-likeness (QED) is 0.752. The fraction of sp³-hybridized carbons (Fsp3) is 0.750. The molecule has 2 aliphatic heterocycles. The van der Waals surface area contributed by atoms with E-state index in [1.54, 1.807) is 17.3 Å². The van der Waals surface area contributed by atoms with Crippen LogP contribution in [-0.2, 0) is 4.79 Å². The maximum absolute atomic E-state index is 12.0. The molecule has 0 spiro atoms. The predicted octanol–water partition coefficient (Wildman–Crippen LogP) is 0.335. The molecule has 1 N–H and O–H groups in total. The van der Waals surface area contributed by atoms with E-state index in [0.717, 1.165) is 0 Å². The van der Waals surface area contributed by atoms with Gasteiger partial charge in [0.15, 0.2) is 6.17 Å². The van der Waals surface area contributed by atoms with Gasteiger partial charge in [0.25, 0.3) is 0 Å². The van der Waals surface area contributed by atoms with Crippen molar-refractivity contribution in [2.75, 3.05) is 19.7 Å². The van der Waals surface area contributed by atoms with Gasteiger partial charge in [-0.2, -0.15) is 0 Å². The zero-order valence-corrected chi connectivity index (χ0v) is 10.6. The molecule has 5 nitrogen and oxygen atoms in total. The second-order valence-corrected chi connectivity index (χ2v) is 5.90. The molecule has 0 radical (unpaired) electrons. The fourth-order valence-electron chi connectivity index (χ4n) is 2.27. The molecular formula is C12H19N3O2. The van der Waals surface area contributed by atoms with Crippen molar-refractivity contribution in [2.24, 2.45) is 20.8 Å². The average molecular weight is 237 g/mol.